The third-order valence-electron chi connectivity index (χ3n) is 3.97. The van der Waals surface area contributed by atoms with Crippen LogP contribution in [0.2, 0.25) is 0 Å². The van der Waals surface area contributed by atoms with E-state index in [4.69, 9.17) is 0 Å². The van der Waals surface area contributed by atoms with Gasteiger partial charge in [-0.05, 0) is 42.7 Å². The number of rotatable bonds is 1. The van der Waals surface area contributed by atoms with E-state index in [0.717, 1.165) is 16.7 Å². The summed E-state index contributed by atoms with van der Waals surface area (Å²) in [5, 5.41) is 0.803. The van der Waals surface area contributed by atoms with E-state index in [1.807, 2.05) is 32.0 Å². The van der Waals surface area contributed by atoms with E-state index < -0.39 is 0 Å². The standard InChI is InChI=1S/C18H16FNO/c1-11-7-8-13(9-12(11)2)15-10-20(3)18(21)14-5-4-6-16(19)17(14)15/h4-10H,1-3H3. The molecule has 21 heavy (non-hydrogen) atoms. The molecule has 0 amide bonds. The molecule has 0 spiro atoms. The molecule has 0 aliphatic rings. The zero-order valence-corrected chi connectivity index (χ0v) is 12.3. The molecule has 0 fully saturated rings. The second kappa shape index (κ2) is 4.85. The number of nitrogens with zero attached hydrogens (tertiary/aromatic N) is 1. The minimum atomic E-state index is -0.363. The van der Waals surface area contributed by atoms with Crippen LogP contribution in [0.1, 0.15) is 11.1 Å². The van der Waals surface area contributed by atoms with Crippen molar-refractivity contribution in [1.82, 2.24) is 4.57 Å². The van der Waals surface area contributed by atoms with Crippen LogP contribution in [-0.2, 0) is 7.05 Å². The van der Waals surface area contributed by atoms with E-state index in [2.05, 4.69) is 0 Å². The van der Waals surface area contributed by atoms with Crippen LogP contribution in [0.5, 0.6) is 0 Å². The van der Waals surface area contributed by atoms with Crippen molar-refractivity contribution in [3.8, 4) is 11.1 Å². The lowest BCUT2D eigenvalue weighted by Gasteiger charge is -2.12. The molecule has 0 aliphatic heterocycles. The Labute approximate surface area is 122 Å². The predicted molar refractivity (Wildman–Crippen MR) is 84.1 cm³/mol. The van der Waals surface area contributed by atoms with Gasteiger partial charge in [0.2, 0.25) is 0 Å². The Kier molecular flexibility index (Phi) is 3.13. The number of fused-ring (bicyclic) bond motifs is 1. The van der Waals surface area contributed by atoms with Crippen molar-refractivity contribution in [3.05, 3.63) is 69.9 Å². The Hall–Kier alpha value is -2.42. The second-order valence-corrected chi connectivity index (χ2v) is 5.42. The van der Waals surface area contributed by atoms with Crippen LogP contribution in [0.15, 0.2) is 47.4 Å². The van der Waals surface area contributed by atoms with Gasteiger partial charge >= 0.3 is 0 Å². The summed E-state index contributed by atoms with van der Waals surface area (Å²) in [5.41, 5.74) is 3.81. The summed E-state index contributed by atoms with van der Waals surface area (Å²) < 4.78 is 15.8. The van der Waals surface area contributed by atoms with Crippen LogP contribution < -0.4 is 5.56 Å². The van der Waals surface area contributed by atoms with Crippen molar-refractivity contribution in [3.63, 3.8) is 0 Å². The normalized spacial score (nSPS) is 11.0. The number of aryl methyl sites for hydroxylation is 3. The average molecular weight is 281 g/mol. The Balaban J connectivity index is 2.45. The van der Waals surface area contributed by atoms with Gasteiger partial charge in [0.05, 0.1) is 5.39 Å². The average Bonchev–Trinajstić information content (AvgIpc) is 2.46. The number of benzene rings is 2. The zero-order valence-electron chi connectivity index (χ0n) is 12.3. The van der Waals surface area contributed by atoms with Crippen LogP contribution in [-0.4, -0.2) is 4.57 Å². The van der Waals surface area contributed by atoms with Gasteiger partial charge in [-0.25, -0.2) is 4.39 Å². The molecule has 0 aliphatic carbocycles. The van der Waals surface area contributed by atoms with Gasteiger partial charge in [-0.15, -0.1) is 0 Å². The highest BCUT2D eigenvalue weighted by atomic mass is 19.1. The first-order chi connectivity index (χ1) is 9.99. The maximum Gasteiger partial charge on any atom is 0.258 e. The highest BCUT2D eigenvalue weighted by Gasteiger charge is 2.13. The Morgan fingerprint density at radius 2 is 1.81 bits per heavy atom. The second-order valence-electron chi connectivity index (χ2n) is 5.42. The highest BCUT2D eigenvalue weighted by molar-refractivity contribution is 5.96. The molecular formula is C18H16FNO. The first-order valence-electron chi connectivity index (χ1n) is 6.84. The maximum absolute atomic E-state index is 14.3. The summed E-state index contributed by atoms with van der Waals surface area (Å²) in [6.45, 7) is 4.07. The van der Waals surface area contributed by atoms with Crippen LogP contribution in [0, 0.1) is 19.7 Å². The lowest BCUT2D eigenvalue weighted by atomic mass is 9.97. The summed E-state index contributed by atoms with van der Waals surface area (Å²) in [6, 6.07) is 10.7. The maximum atomic E-state index is 14.3. The van der Waals surface area contributed by atoms with E-state index in [-0.39, 0.29) is 11.4 Å². The summed E-state index contributed by atoms with van der Waals surface area (Å²) in [6.07, 6.45) is 1.71. The largest absolute Gasteiger partial charge is 0.317 e. The fourth-order valence-corrected chi connectivity index (χ4v) is 2.61. The molecule has 0 radical (unpaired) electrons. The molecule has 106 valence electrons. The van der Waals surface area contributed by atoms with Gasteiger partial charge in [-0.2, -0.15) is 0 Å². The number of hydrogen-bond acceptors (Lipinski definition) is 1. The molecule has 3 aromatic rings. The molecule has 0 saturated carbocycles. The fraction of sp³-hybridized carbons (Fsp3) is 0.167. The Bertz CT molecular complexity index is 909. The molecule has 1 aromatic heterocycles. The topological polar surface area (TPSA) is 22.0 Å². The number of hydrogen-bond donors (Lipinski definition) is 0. The van der Waals surface area contributed by atoms with Crippen LogP contribution in [0.25, 0.3) is 21.9 Å². The van der Waals surface area contributed by atoms with E-state index in [9.17, 15) is 9.18 Å². The van der Waals surface area contributed by atoms with Crippen LogP contribution in [0.3, 0.4) is 0 Å². The molecule has 0 bridgehead atoms. The van der Waals surface area contributed by atoms with Crippen molar-refractivity contribution in [2.24, 2.45) is 7.05 Å². The van der Waals surface area contributed by atoms with Gasteiger partial charge in [0, 0.05) is 24.2 Å². The van der Waals surface area contributed by atoms with E-state index in [0.29, 0.717) is 10.8 Å². The first-order valence-corrected chi connectivity index (χ1v) is 6.84. The Morgan fingerprint density at radius 3 is 2.52 bits per heavy atom. The van der Waals surface area contributed by atoms with Gasteiger partial charge in [-0.3, -0.25) is 4.79 Å². The lowest BCUT2D eigenvalue weighted by Crippen LogP contribution is -2.17. The van der Waals surface area contributed by atoms with Crippen molar-refractivity contribution in [2.45, 2.75) is 13.8 Å². The Morgan fingerprint density at radius 1 is 1.05 bits per heavy atom. The van der Waals surface area contributed by atoms with Gasteiger partial charge in [0.15, 0.2) is 0 Å². The minimum Gasteiger partial charge on any atom is -0.317 e. The summed E-state index contributed by atoms with van der Waals surface area (Å²) in [4.78, 5) is 12.2. The molecule has 3 rings (SSSR count). The van der Waals surface area contributed by atoms with Crippen molar-refractivity contribution in [2.75, 3.05) is 0 Å². The van der Waals surface area contributed by atoms with Gasteiger partial charge in [0.1, 0.15) is 5.82 Å². The predicted octanol–water partition coefficient (Wildman–Crippen LogP) is 3.96. The SMILES string of the molecule is Cc1ccc(-c2cn(C)c(=O)c3cccc(F)c23)cc1C. The summed E-state index contributed by atoms with van der Waals surface area (Å²) in [5.74, 6) is -0.363. The minimum absolute atomic E-state index is 0.183. The molecule has 0 N–H and O–H groups in total. The quantitative estimate of drug-likeness (QED) is 0.661. The number of halogens is 1. The van der Waals surface area contributed by atoms with Gasteiger partial charge < -0.3 is 4.57 Å². The van der Waals surface area contributed by atoms with Crippen molar-refractivity contribution < 1.29 is 4.39 Å². The molecular weight excluding hydrogens is 265 g/mol. The first kappa shape index (κ1) is 13.6. The highest BCUT2D eigenvalue weighted by Crippen LogP contribution is 2.29. The number of pyridine rings is 1. The molecule has 2 aromatic carbocycles. The third kappa shape index (κ3) is 2.15. The van der Waals surface area contributed by atoms with Gasteiger partial charge in [-0.1, -0.05) is 24.3 Å². The fourth-order valence-electron chi connectivity index (χ4n) is 2.61. The van der Waals surface area contributed by atoms with E-state index in [1.165, 1.54) is 16.2 Å². The summed E-state index contributed by atoms with van der Waals surface area (Å²) >= 11 is 0. The molecule has 2 nitrogen and oxygen atoms in total. The smallest absolute Gasteiger partial charge is 0.258 e. The monoisotopic (exact) mass is 281 g/mol. The molecule has 3 heteroatoms. The molecule has 0 atom stereocenters. The zero-order chi connectivity index (χ0) is 15.1. The number of aromatic nitrogens is 1. The van der Waals surface area contributed by atoms with E-state index in [1.54, 1.807) is 25.4 Å². The van der Waals surface area contributed by atoms with Crippen molar-refractivity contribution in [1.29, 1.82) is 0 Å². The summed E-state index contributed by atoms with van der Waals surface area (Å²) in [7, 11) is 1.69. The molecule has 1 heterocycles. The van der Waals surface area contributed by atoms with Crippen LogP contribution >= 0.6 is 0 Å². The van der Waals surface area contributed by atoms with Crippen molar-refractivity contribution >= 4 is 10.8 Å². The lowest BCUT2D eigenvalue weighted by molar-refractivity contribution is 0.639. The van der Waals surface area contributed by atoms with Gasteiger partial charge in [0.25, 0.3) is 5.56 Å². The molecule has 0 unspecified atom stereocenters. The van der Waals surface area contributed by atoms with E-state index >= 15 is 0 Å². The molecule has 0 saturated heterocycles. The third-order valence-corrected chi connectivity index (χ3v) is 3.97. The van der Waals surface area contributed by atoms with Crippen LogP contribution in [0.4, 0.5) is 4.39 Å².